The Morgan fingerprint density at radius 1 is 1.17 bits per heavy atom. The zero-order valence-electron chi connectivity index (χ0n) is 16.7. The van der Waals surface area contributed by atoms with Crippen LogP contribution in [0, 0.1) is 11.6 Å². The Hall–Kier alpha value is -3.07. The van der Waals surface area contributed by atoms with E-state index in [1.807, 2.05) is 0 Å². The lowest BCUT2D eigenvalue weighted by atomic mass is 10.1. The van der Waals surface area contributed by atoms with Gasteiger partial charge in [-0.1, -0.05) is 12.1 Å². The van der Waals surface area contributed by atoms with Gasteiger partial charge in [-0.25, -0.2) is 17.2 Å². The first-order valence-electron chi connectivity index (χ1n) is 9.18. The maximum atomic E-state index is 14.2. The Balaban J connectivity index is 1.88. The van der Waals surface area contributed by atoms with E-state index in [1.165, 1.54) is 16.9 Å². The maximum Gasteiger partial charge on any atom is 0.259 e. The lowest BCUT2D eigenvalue weighted by Crippen LogP contribution is -2.16. The normalized spacial score (nSPS) is 11.7. The van der Waals surface area contributed by atoms with Gasteiger partial charge in [0.1, 0.15) is 17.3 Å². The van der Waals surface area contributed by atoms with Gasteiger partial charge in [0.05, 0.1) is 16.6 Å². The van der Waals surface area contributed by atoms with Crippen molar-refractivity contribution in [2.75, 3.05) is 5.32 Å². The number of nitrogens with zero attached hydrogens (tertiary/aromatic N) is 2. The largest absolute Gasteiger partial charge is 0.322 e. The van der Waals surface area contributed by atoms with Crippen LogP contribution in [0.1, 0.15) is 29.8 Å². The van der Waals surface area contributed by atoms with Crippen LogP contribution in [0.15, 0.2) is 48.7 Å². The van der Waals surface area contributed by atoms with Crippen molar-refractivity contribution in [1.82, 2.24) is 9.78 Å². The van der Waals surface area contributed by atoms with E-state index in [1.54, 1.807) is 45.2 Å². The number of hydrogen-bond acceptors (Lipinski definition) is 4. The van der Waals surface area contributed by atoms with Gasteiger partial charge in [-0.2, -0.15) is 5.10 Å². The number of hydrogen-bond donors (Lipinski definition) is 1. The van der Waals surface area contributed by atoms with Crippen molar-refractivity contribution in [3.8, 4) is 11.3 Å². The molecule has 0 saturated carbocycles. The highest BCUT2D eigenvalue weighted by Crippen LogP contribution is 2.26. The second kappa shape index (κ2) is 8.35. The van der Waals surface area contributed by atoms with E-state index in [0.29, 0.717) is 11.3 Å². The van der Waals surface area contributed by atoms with Gasteiger partial charge in [-0.05, 0) is 43.7 Å². The lowest BCUT2D eigenvalue weighted by Gasteiger charge is -2.10. The Kier molecular flexibility index (Phi) is 6.02. The van der Waals surface area contributed by atoms with Crippen molar-refractivity contribution >= 4 is 21.4 Å². The van der Waals surface area contributed by atoms with Gasteiger partial charge in [0, 0.05) is 30.6 Å². The molecule has 158 valence electrons. The molecule has 1 aromatic heterocycles. The van der Waals surface area contributed by atoms with Gasteiger partial charge in [-0.3, -0.25) is 9.48 Å². The minimum atomic E-state index is -3.29. The molecule has 9 heteroatoms. The molecule has 0 aliphatic carbocycles. The summed E-state index contributed by atoms with van der Waals surface area (Å²) in [4.78, 5) is 12.8. The number of aromatic nitrogens is 2. The summed E-state index contributed by atoms with van der Waals surface area (Å²) < 4.78 is 53.1. The fraction of sp³-hybridized carbons (Fsp3) is 0.238. The number of benzene rings is 2. The first kappa shape index (κ1) is 21.6. The molecule has 0 bridgehead atoms. The van der Waals surface area contributed by atoms with E-state index >= 15 is 0 Å². The fourth-order valence-corrected chi connectivity index (χ4v) is 3.85. The zero-order valence-corrected chi connectivity index (χ0v) is 17.5. The summed E-state index contributed by atoms with van der Waals surface area (Å²) in [6.07, 6.45) is 1.43. The Morgan fingerprint density at radius 3 is 2.57 bits per heavy atom. The highest BCUT2D eigenvalue weighted by Gasteiger charge is 2.21. The van der Waals surface area contributed by atoms with Crippen LogP contribution in [0.5, 0.6) is 0 Å². The van der Waals surface area contributed by atoms with E-state index in [2.05, 4.69) is 10.4 Å². The van der Waals surface area contributed by atoms with Gasteiger partial charge in [-0.15, -0.1) is 0 Å². The Labute approximate surface area is 173 Å². The van der Waals surface area contributed by atoms with Crippen LogP contribution in [0.3, 0.4) is 0 Å². The summed E-state index contributed by atoms with van der Waals surface area (Å²) in [7, 11) is -1.71. The second-order valence-electron chi connectivity index (χ2n) is 7.20. The standard InChI is InChI=1S/C21H21F2N3O3S/c1-13(2)30(28,29)12-14-5-4-6-16(9-14)24-21(27)18-11-26(3)25-20(18)17-8-7-15(22)10-19(17)23/h4-11,13H,12H2,1-3H3,(H,24,27). The monoisotopic (exact) mass is 433 g/mol. The van der Waals surface area contributed by atoms with Crippen LogP contribution in [-0.4, -0.2) is 29.4 Å². The average molecular weight is 433 g/mol. The van der Waals surface area contributed by atoms with Crippen molar-refractivity contribution in [2.45, 2.75) is 24.9 Å². The molecule has 0 fully saturated rings. The van der Waals surface area contributed by atoms with Gasteiger partial charge < -0.3 is 5.32 Å². The number of anilines is 1. The molecule has 30 heavy (non-hydrogen) atoms. The SMILES string of the molecule is CC(C)S(=O)(=O)Cc1cccc(NC(=O)c2cn(C)nc2-c2ccc(F)cc2F)c1. The predicted molar refractivity (Wildman–Crippen MR) is 111 cm³/mol. The van der Waals surface area contributed by atoms with E-state index in [-0.39, 0.29) is 22.6 Å². The fourth-order valence-electron chi connectivity index (χ4n) is 2.87. The maximum absolute atomic E-state index is 14.2. The predicted octanol–water partition coefficient (Wildman–Crippen LogP) is 3.94. The van der Waals surface area contributed by atoms with Crippen LogP contribution in [0.2, 0.25) is 0 Å². The van der Waals surface area contributed by atoms with E-state index < -0.39 is 32.6 Å². The van der Waals surface area contributed by atoms with Crippen LogP contribution in [0.4, 0.5) is 14.5 Å². The second-order valence-corrected chi connectivity index (χ2v) is 9.76. The Morgan fingerprint density at radius 2 is 1.90 bits per heavy atom. The third kappa shape index (κ3) is 4.73. The van der Waals surface area contributed by atoms with Gasteiger partial charge in [0.15, 0.2) is 9.84 Å². The third-order valence-electron chi connectivity index (χ3n) is 4.53. The molecule has 0 unspecified atom stereocenters. The smallest absolute Gasteiger partial charge is 0.259 e. The van der Waals surface area contributed by atoms with Gasteiger partial charge in [0.2, 0.25) is 0 Å². The quantitative estimate of drug-likeness (QED) is 0.639. The molecule has 0 aliphatic rings. The van der Waals surface area contributed by atoms with Gasteiger partial charge in [0.25, 0.3) is 5.91 Å². The third-order valence-corrected chi connectivity index (χ3v) is 6.70. The van der Waals surface area contributed by atoms with Crippen molar-refractivity contribution in [1.29, 1.82) is 0 Å². The molecule has 0 atom stereocenters. The van der Waals surface area contributed by atoms with Crippen molar-refractivity contribution in [3.63, 3.8) is 0 Å². The van der Waals surface area contributed by atoms with Gasteiger partial charge >= 0.3 is 0 Å². The topological polar surface area (TPSA) is 81.1 Å². The molecular weight excluding hydrogens is 412 g/mol. The van der Waals surface area contributed by atoms with Crippen molar-refractivity contribution in [2.24, 2.45) is 7.05 Å². The molecule has 3 rings (SSSR count). The highest BCUT2D eigenvalue weighted by atomic mass is 32.2. The van der Waals surface area contributed by atoms with E-state index in [4.69, 9.17) is 0 Å². The first-order chi connectivity index (χ1) is 14.1. The molecule has 0 saturated heterocycles. The number of carbonyl (C=O) groups excluding carboxylic acids is 1. The van der Waals surface area contributed by atoms with Crippen molar-refractivity contribution in [3.05, 3.63) is 71.4 Å². The number of rotatable bonds is 6. The number of halogens is 2. The van der Waals surface area contributed by atoms with E-state index in [0.717, 1.165) is 12.1 Å². The molecule has 1 heterocycles. The summed E-state index contributed by atoms with van der Waals surface area (Å²) in [5.74, 6) is -2.26. The number of amides is 1. The number of sulfone groups is 1. The van der Waals surface area contributed by atoms with Crippen LogP contribution >= 0.6 is 0 Å². The molecule has 2 aromatic carbocycles. The summed E-state index contributed by atoms with van der Waals surface area (Å²) in [5.41, 5.74) is 1.11. The molecule has 0 aliphatic heterocycles. The number of aryl methyl sites for hydroxylation is 1. The molecule has 1 N–H and O–H groups in total. The average Bonchev–Trinajstić information content (AvgIpc) is 3.03. The summed E-state index contributed by atoms with van der Waals surface area (Å²) in [5, 5.41) is 6.30. The minimum Gasteiger partial charge on any atom is -0.322 e. The minimum absolute atomic E-state index is 0.000993. The molecule has 3 aromatic rings. The molecule has 0 radical (unpaired) electrons. The number of carbonyl (C=O) groups is 1. The molecular formula is C21H21F2N3O3S. The first-order valence-corrected chi connectivity index (χ1v) is 10.9. The van der Waals surface area contributed by atoms with Crippen LogP contribution in [-0.2, 0) is 22.6 Å². The summed E-state index contributed by atoms with van der Waals surface area (Å²) in [6.45, 7) is 3.22. The zero-order chi connectivity index (χ0) is 22.1. The molecule has 1 amide bonds. The lowest BCUT2D eigenvalue weighted by molar-refractivity contribution is 0.102. The van der Waals surface area contributed by atoms with Crippen LogP contribution < -0.4 is 5.32 Å². The van der Waals surface area contributed by atoms with Crippen molar-refractivity contribution < 1.29 is 22.0 Å². The van der Waals surface area contributed by atoms with E-state index in [9.17, 15) is 22.0 Å². The molecule has 6 nitrogen and oxygen atoms in total. The summed E-state index contributed by atoms with van der Waals surface area (Å²) >= 11 is 0. The van der Waals surface area contributed by atoms with Crippen LogP contribution in [0.25, 0.3) is 11.3 Å². The number of nitrogens with one attached hydrogen (secondary N) is 1. The highest BCUT2D eigenvalue weighted by molar-refractivity contribution is 7.91. The Bertz CT molecular complexity index is 1200. The molecule has 0 spiro atoms. The summed E-state index contributed by atoms with van der Waals surface area (Å²) in [6, 6.07) is 9.55.